The maximum absolute atomic E-state index is 10.2. The molecule has 0 saturated carbocycles. The van der Waals surface area contributed by atoms with Gasteiger partial charge in [0.1, 0.15) is 24.4 Å². The normalized spacial score (nSPS) is 17.8. The SMILES string of the molecule is C=CCC(OCc1ccc(SC)cc1)C(O)C(O)C(O)C(O)CO. The number of ether oxygens (including phenoxy) is 1. The zero-order valence-electron chi connectivity index (χ0n) is 13.7. The molecule has 0 aromatic heterocycles. The standard InChI is InChI=1S/C17H26O6S/c1-3-4-14(16(21)17(22)15(20)13(19)9-18)23-10-11-5-7-12(24-2)8-6-11/h3,5-8,13-22H,1,4,9-10H2,2H3. The van der Waals surface area contributed by atoms with Gasteiger partial charge < -0.3 is 30.3 Å². The quantitative estimate of drug-likeness (QED) is 0.286. The molecule has 0 aliphatic heterocycles. The van der Waals surface area contributed by atoms with E-state index in [0.717, 1.165) is 10.5 Å². The summed E-state index contributed by atoms with van der Waals surface area (Å²) >= 11 is 1.63. The molecule has 1 rings (SSSR count). The minimum atomic E-state index is -1.68. The zero-order valence-corrected chi connectivity index (χ0v) is 14.5. The van der Waals surface area contributed by atoms with Crippen molar-refractivity contribution >= 4 is 11.8 Å². The van der Waals surface area contributed by atoms with Crippen LogP contribution in [0.1, 0.15) is 12.0 Å². The Morgan fingerprint density at radius 2 is 1.71 bits per heavy atom. The van der Waals surface area contributed by atoms with E-state index in [-0.39, 0.29) is 13.0 Å². The molecule has 0 saturated heterocycles. The predicted octanol–water partition coefficient (Wildman–Crippen LogP) is 0.306. The van der Waals surface area contributed by atoms with Crippen molar-refractivity contribution in [2.75, 3.05) is 12.9 Å². The summed E-state index contributed by atoms with van der Waals surface area (Å²) in [5.41, 5.74) is 0.902. The van der Waals surface area contributed by atoms with Gasteiger partial charge in [-0.3, -0.25) is 0 Å². The van der Waals surface area contributed by atoms with Crippen LogP contribution >= 0.6 is 11.8 Å². The minimum Gasteiger partial charge on any atom is -0.394 e. The third kappa shape index (κ3) is 6.18. The second-order valence-corrected chi connectivity index (χ2v) is 6.32. The van der Waals surface area contributed by atoms with Gasteiger partial charge in [-0.25, -0.2) is 0 Å². The van der Waals surface area contributed by atoms with Gasteiger partial charge in [0.2, 0.25) is 0 Å². The van der Waals surface area contributed by atoms with E-state index in [1.54, 1.807) is 11.8 Å². The maximum atomic E-state index is 10.2. The fourth-order valence-electron chi connectivity index (χ4n) is 2.15. The van der Waals surface area contributed by atoms with E-state index in [1.165, 1.54) is 6.08 Å². The van der Waals surface area contributed by atoms with Crippen molar-refractivity contribution in [3.63, 3.8) is 0 Å². The molecule has 1 aromatic carbocycles. The zero-order chi connectivity index (χ0) is 18.1. The summed E-state index contributed by atoms with van der Waals surface area (Å²) in [5, 5.41) is 48.1. The third-order valence-corrected chi connectivity index (χ3v) is 4.43. The van der Waals surface area contributed by atoms with Crippen molar-refractivity contribution in [3.8, 4) is 0 Å². The van der Waals surface area contributed by atoms with Crippen molar-refractivity contribution in [2.24, 2.45) is 0 Å². The summed E-state index contributed by atoms with van der Waals surface area (Å²) in [5.74, 6) is 0. The van der Waals surface area contributed by atoms with Gasteiger partial charge in [-0.1, -0.05) is 18.2 Å². The van der Waals surface area contributed by atoms with E-state index in [4.69, 9.17) is 9.84 Å². The molecule has 0 aliphatic rings. The Morgan fingerprint density at radius 1 is 1.08 bits per heavy atom. The lowest BCUT2D eigenvalue weighted by atomic mass is 9.97. The van der Waals surface area contributed by atoms with Crippen molar-refractivity contribution in [1.29, 1.82) is 0 Å². The maximum Gasteiger partial charge on any atom is 0.111 e. The molecular formula is C17H26O6S. The van der Waals surface area contributed by atoms with Gasteiger partial charge in [0, 0.05) is 4.90 Å². The smallest absolute Gasteiger partial charge is 0.111 e. The van der Waals surface area contributed by atoms with Crippen LogP contribution in [0.5, 0.6) is 0 Å². The fourth-order valence-corrected chi connectivity index (χ4v) is 2.56. The van der Waals surface area contributed by atoms with E-state index in [0.29, 0.717) is 0 Å². The summed E-state index contributed by atoms with van der Waals surface area (Å²) in [6, 6.07) is 7.73. The highest BCUT2D eigenvalue weighted by molar-refractivity contribution is 7.98. The Labute approximate surface area is 146 Å². The molecule has 0 amide bonds. The summed E-state index contributed by atoms with van der Waals surface area (Å²) in [7, 11) is 0. The van der Waals surface area contributed by atoms with Crippen LogP contribution in [0.3, 0.4) is 0 Å². The predicted molar refractivity (Wildman–Crippen MR) is 92.7 cm³/mol. The average molecular weight is 358 g/mol. The average Bonchev–Trinajstić information content (AvgIpc) is 2.62. The Morgan fingerprint density at radius 3 is 2.21 bits per heavy atom. The molecule has 24 heavy (non-hydrogen) atoms. The molecule has 6 nitrogen and oxygen atoms in total. The molecule has 0 spiro atoms. The van der Waals surface area contributed by atoms with Crippen LogP contribution < -0.4 is 0 Å². The van der Waals surface area contributed by atoms with E-state index in [1.807, 2.05) is 30.5 Å². The first kappa shape index (κ1) is 21.1. The topological polar surface area (TPSA) is 110 Å². The Bertz CT molecular complexity index is 480. The summed E-state index contributed by atoms with van der Waals surface area (Å²) < 4.78 is 5.65. The molecule has 0 heterocycles. The van der Waals surface area contributed by atoms with Gasteiger partial charge in [-0.05, 0) is 30.4 Å². The molecular weight excluding hydrogens is 332 g/mol. The molecule has 5 atom stereocenters. The summed E-state index contributed by atoms with van der Waals surface area (Å²) in [4.78, 5) is 1.12. The van der Waals surface area contributed by atoms with Gasteiger partial charge in [0.25, 0.3) is 0 Å². The Hall–Kier alpha value is -0.930. The van der Waals surface area contributed by atoms with Crippen molar-refractivity contribution in [3.05, 3.63) is 42.5 Å². The number of benzene rings is 1. The van der Waals surface area contributed by atoms with Gasteiger partial charge in [-0.15, -0.1) is 18.3 Å². The van der Waals surface area contributed by atoms with Crippen LogP contribution in [0, 0.1) is 0 Å². The molecule has 5 unspecified atom stereocenters. The number of aliphatic hydroxyl groups is 5. The molecule has 0 aliphatic carbocycles. The van der Waals surface area contributed by atoms with Crippen LogP contribution in [0.25, 0.3) is 0 Å². The Balaban J connectivity index is 2.68. The third-order valence-electron chi connectivity index (χ3n) is 3.68. The highest BCUT2D eigenvalue weighted by Gasteiger charge is 2.34. The molecule has 0 fully saturated rings. The second kappa shape index (κ2) is 10.8. The number of aliphatic hydroxyl groups excluding tert-OH is 5. The molecule has 1 aromatic rings. The van der Waals surface area contributed by atoms with E-state index >= 15 is 0 Å². The molecule has 7 heteroatoms. The first-order chi connectivity index (χ1) is 11.4. The second-order valence-electron chi connectivity index (χ2n) is 5.44. The minimum absolute atomic E-state index is 0.218. The summed E-state index contributed by atoms with van der Waals surface area (Å²) in [6.45, 7) is 3.08. The van der Waals surface area contributed by atoms with Crippen LogP contribution in [0.2, 0.25) is 0 Å². The van der Waals surface area contributed by atoms with Gasteiger partial charge in [0.05, 0.1) is 19.3 Å². The van der Waals surface area contributed by atoms with Crippen LogP contribution in [0.4, 0.5) is 0 Å². The molecule has 0 radical (unpaired) electrons. The van der Waals surface area contributed by atoms with E-state index in [9.17, 15) is 20.4 Å². The molecule has 0 bridgehead atoms. The van der Waals surface area contributed by atoms with Crippen molar-refractivity contribution < 1.29 is 30.3 Å². The van der Waals surface area contributed by atoms with Crippen molar-refractivity contribution in [1.82, 2.24) is 0 Å². The van der Waals surface area contributed by atoms with Crippen LogP contribution in [0.15, 0.2) is 41.8 Å². The monoisotopic (exact) mass is 358 g/mol. The number of hydrogen-bond donors (Lipinski definition) is 5. The van der Waals surface area contributed by atoms with Gasteiger partial charge in [0.15, 0.2) is 0 Å². The van der Waals surface area contributed by atoms with Crippen LogP contribution in [-0.4, -0.2) is 68.9 Å². The molecule has 5 N–H and O–H groups in total. The van der Waals surface area contributed by atoms with Crippen molar-refractivity contribution in [2.45, 2.75) is 48.4 Å². The first-order valence-electron chi connectivity index (χ1n) is 7.63. The van der Waals surface area contributed by atoms with E-state index in [2.05, 4.69) is 6.58 Å². The number of hydrogen-bond acceptors (Lipinski definition) is 7. The highest BCUT2D eigenvalue weighted by Crippen LogP contribution is 2.18. The lowest BCUT2D eigenvalue weighted by molar-refractivity contribution is -0.152. The summed E-state index contributed by atoms with van der Waals surface area (Å²) in [6.07, 6.45) is -3.36. The van der Waals surface area contributed by atoms with Gasteiger partial charge in [-0.2, -0.15) is 0 Å². The lowest BCUT2D eigenvalue weighted by Gasteiger charge is -2.30. The lowest BCUT2D eigenvalue weighted by Crippen LogP contribution is -2.50. The molecule has 136 valence electrons. The van der Waals surface area contributed by atoms with Crippen LogP contribution in [-0.2, 0) is 11.3 Å². The Kier molecular flexibility index (Phi) is 9.53. The van der Waals surface area contributed by atoms with Gasteiger partial charge >= 0.3 is 0 Å². The first-order valence-corrected chi connectivity index (χ1v) is 8.85. The van der Waals surface area contributed by atoms with E-state index < -0.39 is 37.1 Å². The highest BCUT2D eigenvalue weighted by atomic mass is 32.2. The number of rotatable bonds is 11. The largest absolute Gasteiger partial charge is 0.394 e. The fraction of sp³-hybridized carbons (Fsp3) is 0.529. The number of thioether (sulfide) groups is 1.